The standard InChI is InChI=1S/C7H8BrClN2/c1-2-10-7-3-6(9)5(8)4-11-7/h3-4H,2H2,1H3,(H,10,11). The number of rotatable bonds is 2. The Morgan fingerprint density at radius 1 is 1.73 bits per heavy atom. The molecule has 0 fully saturated rings. The van der Waals surface area contributed by atoms with Crippen molar-refractivity contribution in [3.63, 3.8) is 0 Å². The van der Waals surface area contributed by atoms with Crippen LogP contribution < -0.4 is 5.32 Å². The van der Waals surface area contributed by atoms with Gasteiger partial charge in [0.25, 0.3) is 0 Å². The largest absolute Gasteiger partial charge is 0.370 e. The van der Waals surface area contributed by atoms with E-state index in [0.717, 1.165) is 16.8 Å². The Hall–Kier alpha value is -0.280. The molecule has 0 atom stereocenters. The van der Waals surface area contributed by atoms with Crippen LogP contribution in [0.1, 0.15) is 6.92 Å². The molecule has 1 rings (SSSR count). The highest BCUT2D eigenvalue weighted by atomic mass is 79.9. The highest BCUT2D eigenvalue weighted by Crippen LogP contribution is 2.22. The first-order valence-corrected chi connectivity index (χ1v) is 4.46. The van der Waals surface area contributed by atoms with E-state index in [1.807, 2.05) is 6.92 Å². The second kappa shape index (κ2) is 3.93. The summed E-state index contributed by atoms with van der Waals surface area (Å²) >= 11 is 9.08. The molecule has 0 saturated heterocycles. The lowest BCUT2D eigenvalue weighted by Gasteiger charge is -2.02. The zero-order valence-corrected chi connectivity index (χ0v) is 8.41. The lowest BCUT2D eigenvalue weighted by Crippen LogP contribution is -1.98. The number of nitrogens with one attached hydrogen (secondary N) is 1. The minimum Gasteiger partial charge on any atom is -0.370 e. The van der Waals surface area contributed by atoms with Gasteiger partial charge in [-0.3, -0.25) is 0 Å². The molecule has 0 amide bonds. The van der Waals surface area contributed by atoms with Crippen molar-refractivity contribution < 1.29 is 0 Å². The SMILES string of the molecule is CCNc1cc(Cl)c(Br)cn1. The van der Waals surface area contributed by atoms with Crippen molar-refractivity contribution in [3.05, 3.63) is 21.8 Å². The molecular formula is C7H8BrClN2. The molecule has 0 aromatic carbocycles. The molecule has 0 aliphatic heterocycles. The van der Waals surface area contributed by atoms with Crippen LogP contribution in [-0.4, -0.2) is 11.5 Å². The van der Waals surface area contributed by atoms with Crippen LogP contribution >= 0.6 is 27.5 Å². The molecular weight excluding hydrogens is 227 g/mol. The summed E-state index contributed by atoms with van der Waals surface area (Å²) in [5.41, 5.74) is 0. The minimum absolute atomic E-state index is 0.677. The molecule has 0 aliphatic rings. The van der Waals surface area contributed by atoms with Crippen LogP contribution in [0, 0.1) is 0 Å². The maximum atomic E-state index is 5.82. The van der Waals surface area contributed by atoms with Crippen molar-refractivity contribution in [2.24, 2.45) is 0 Å². The van der Waals surface area contributed by atoms with Crippen LogP contribution in [0.4, 0.5) is 5.82 Å². The topological polar surface area (TPSA) is 24.9 Å². The van der Waals surface area contributed by atoms with Crippen LogP contribution in [0.2, 0.25) is 5.02 Å². The number of aromatic nitrogens is 1. The van der Waals surface area contributed by atoms with Crippen molar-refractivity contribution in [1.82, 2.24) is 4.98 Å². The summed E-state index contributed by atoms with van der Waals surface area (Å²) in [6.07, 6.45) is 1.68. The van der Waals surface area contributed by atoms with E-state index in [-0.39, 0.29) is 0 Å². The number of anilines is 1. The Bertz CT molecular complexity index is 252. The zero-order chi connectivity index (χ0) is 8.27. The van der Waals surface area contributed by atoms with Gasteiger partial charge in [-0.25, -0.2) is 4.98 Å². The van der Waals surface area contributed by atoms with Gasteiger partial charge in [-0.05, 0) is 22.9 Å². The van der Waals surface area contributed by atoms with Gasteiger partial charge in [0.15, 0.2) is 0 Å². The van der Waals surface area contributed by atoms with Gasteiger partial charge in [-0.2, -0.15) is 0 Å². The number of hydrogen-bond donors (Lipinski definition) is 1. The van der Waals surface area contributed by atoms with Gasteiger partial charge in [0.05, 0.1) is 9.50 Å². The van der Waals surface area contributed by atoms with Gasteiger partial charge < -0.3 is 5.32 Å². The van der Waals surface area contributed by atoms with Crippen molar-refractivity contribution >= 4 is 33.3 Å². The minimum atomic E-state index is 0.677. The fraction of sp³-hybridized carbons (Fsp3) is 0.286. The van der Waals surface area contributed by atoms with E-state index in [4.69, 9.17) is 11.6 Å². The second-order valence-corrected chi connectivity index (χ2v) is 3.28. The van der Waals surface area contributed by atoms with Crippen LogP contribution in [0.5, 0.6) is 0 Å². The molecule has 4 heteroatoms. The molecule has 2 nitrogen and oxygen atoms in total. The summed E-state index contributed by atoms with van der Waals surface area (Å²) in [5, 5.41) is 3.74. The highest BCUT2D eigenvalue weighted by molar-refractivity contribution is 9.10. The van der Waals surface area contributed by atoms with Crippen molar-refractivity contribution in [2.45, 2.75) is 6.92 Å². The van der Waals surface area contributed by atoms with E-state index in [9.17, 15) is 0 Å². The van der Waals surface area contributed by atoms with Crippen molar-refractivity contribution in [1.29, 1.82) is 0 Å². The van der Waals surface area contributed by atoms with E-state index < -0.39 is 0 Å². The van der Waals surface area contributed by atoms with E-state index >= 15 is 0 Å². The quantitative estimate of drug-likeness (QED) is 0.852. The molecule has 11 heavy (non-hydrogen) atoms. The highest BCUT2D eigenvalue weighted by Gasteiger charge is 1.97. The third-order valence-electron chi connectivity index (χ3n) is 1.17. The maximum absolute atomic E-state index is 5.82. The molecule has 1 heterocycles. The van der Waals surface area contributed by atoms with Gasteiger partial charge >= 0.3 is 0 Å². The summed E-state index contributed by atoms with van der Waals surface area (Å²) in [4.78, 5) is 4.09. The molecule has 0 saturated carbocycles. The first-order chi connectivity index (χ1) is 5.24. The zero-order valence-electron chi connectivity index (χ0n) is 6.06. The number of pyridine rings is 1. The first kappa shape index (κ1) is 8.81. The van der Waals surface area contributed by atoms with Gasteiger partial charge in [0.2, 0.25) is 0 Å². The third-order valence-corrected chi connectivity index (χ3v) is 2.34. The van der Waals surface area contributed by atoms with Gasteiger partial charge in [0.1, 0.15) is 5.82 Å². The van der Waals surface area contributed by atoms with E-state index in [0.29, 0.717) is 5.02 Å². The van der Waals surface area contributed by atoms with Crippen LogP contribution in [0.25, 0.3) is 0 Å². The molecule has 1 aromatic rings. The Morgan fingerprint density at radius 3 is 3.00 bits per heavy atom. The van der Waals surface area contributed by atoms with E-state index in [1.54, 1.807) is 12.3 Å². The Labute approximate surface area is 79.1 Å². The smallest absolute Gasteiger partial charge is 0.127 e. The number of halogens is 2. The average molecular weight is 236 g/mol. The predicted octanol–water partition coefficient (Wildman–Crippen LogP) is 2.93. The van der Waals surface area contributed by atoms with Gasteiger partial charge in [0, 0.05) is 18.8 Å². The Morgan fingerprint density at radius 2 is 2.45 bits per heavy atom. The van der Waals surface area contributed by atoms with Gasteiger partial charge in [-0.15, -0.1) is 0 Å². The number of hydrogen-bond acceptors (Lipinski definition) is 2. The molecule has 60 valence electrons. The molecule has 0 unspecified atom stereocenters. The van der Waals surface area contributed by atoms with Crippen molar-refractivity contribution in [2.75, 3.05) is 11.9 Å². The maximum Gasteiger partial charge on any atom is 0.127 e. The fourth-order valence-corrected chi connectivity index (χ4v) is 1.06. The van der Waals surface area contributed by atoms with Crippen LogP contribution in [0.3, 0.4) is 0 Å². The fourth-order valence-electron chi connectivity index (χ4n) is 0.692. The summed E-state index contributed by atoms with van der Waals surface area (Å²) in [6.45, 7) is 2.86. The average Bonchev–Trinajstić information content (AvgIpc) is 1.98. The summed E-state index contributed by atoms with van der Waals surface area (Å²) in [7, 11) is 0. The van der Waals surface area contributed by atoms with Gasteiger partial charge in [-0.1, -0.05) is 11.6 Å². The molecule has 0 aliphatic carbocycles. The van der Waals surface area contributed by atoms with E-state index in [1.165, 1.54) is 0 Å². The molecule has 0 spiro atoms. The molecule has 1 aromatic heterocycles. The summed E-state index contributed by atoms with van der Waals surface area (Å²) in [6, 6.07) is 1.79. The lowest BCUT2D eigenvalue weighted by atomic mass is 10.4. The lowest BCUT2D eigenvalue weighted by molar-refractivity contribution is 1.16. The van der Waals surface area contributed by atoms with Crippen molar-refractivity contribution in [3.8, 4) is 0 Å². The monoisotopic (exact) mass is 234 g/mol. The van der Waals surface area contributed by atoms with Crippen LogP contribution in [-0.2, 0) is 0 Å². The second-order valence-electron chi connectivity index (χ2n) is 2.01. The third kappa shape index (κ3) is 2.34. The first-order valence-electron chi connectivity index (χ1n) is 3.29. The van der Waals surface area contributed by atoms with Crippen LogP contribution in [0.15, 0.2) is 16.7 Å². The normalized spacial score (nSPS) is 9.73. The number of nitrogens with zero attached hydrogens (tertiary/aromatic N) is 1. The molecule has 0 radical (unpaired) electrons. The summed E-state index contributed by atoms with van der Waals surface area (Å²) < 4.78 is 0.820. The Kier molecular flexibility index (Phi) is 3.15. The summed E-state index contributed by atoms with van der Waals surface area (Å²) in [5.74, 6) is 0.806. The Balaban J connectivity index is 2.86. The predicted molar refractivity (Wildman–Crippen MR) is 51.1 cm³/mol. The molecule has 0 bridgehead atoms. The van der Waals surface area contributed by atoms with E-state index in [2.05, 4.69) is 26.2 Å². The molecule has 1 N–H and O–H groups in total.